The molecule has 0 radical (unpaired) electrons. The Kier molecular flexibility index (Phi) is 2.99. The molecule has 3 aromatic rings. The topological polar surface area (TPSA) is 43.6 Å². The van der Waals surface area contributed by atoms with Crippen LogP contribution in [0.3, 0.4) is 0 Å². The molecule has 0 spiro atoms. The van der Waals surface area contributed by atoms with Crippen LogP contribution in [0.1, 0.15) is 24.9 Å². The summed E-state index contributed by atoms with van der Waals surface area (Å²) >= 11 is 0. The largest absolute Gasteiger partial charge is 0.286 e. The van der Waals surface area contributed by atoms with Gasteiger partial charge in [0.05, 0.1) is 5.69 Å². The maximum absolute atomic E-state index is 4.41. The highest BCUT2D eigenvalue weighted by Crippen LogP contribution is 2.22. The maximum Gasteiger partial charge on any atom is 0.168 e. The molecule has 4 nitrogen and oxygen atoms in total. The number of rotatable bonds is 3. The molecule has 0 saturated heterocycles. The molecule has 0 aliphatic rings. The predicted octanol–water partition coefficient (Wildman–Crippen LogP) is 3.08. The Balaban J connectivity index is 2.25. The van der Waals surface area contributed by atoms with E-state index in [0.29, 0.717) is 0 Å². The van der Waals surface area contributed by atoms with E-state index in [1.54, 1.807) is 0 Å². The van der Waals surface area contributed by atoms with E-state index in [-0.39, 0.29) is 0 Å². The van der Waals surface area contributed by atoms with Crippen molar-refractivity contribution in [2.75, 3.05) is 0 Å². The summed E-state index contributed by atoms with van der Waals surface area (Å²) in [5.41, 5.74) is 0.955. The average Bonchev–Trinajstić information content (AvgIpc) is 2.88. The molecule has 96 valence electrons. The van der Waals surface area contributed by atoms with Crippen molar-refractivity contribution in [3.8, 4) is 5.82 Å². The van der Waals surface area contributed by atoms with Crippen molar-refractivity contribution >= 4 is 10.8 Å². The lowest BCUT2D eigenvalue weighted by atomic mass is 10.1. The van der Waals surface area contributed by atoms with E-state index in [1.807, 2.05) is 36.0 Å². The summed E-state index contributed by atoms with van der Waals surface area (Å²) < 4.78 is 2.04. The van der Waals surface area contributed by atoms with Crippen LogP contribution < -0.4 is 0 Å². The smallest absolute Gasteiger partial charge is 0.168 e. The fraction of sp³-hybridized carbons (Fsp3) is 0.267. The SMILES string of the molecule is CCCc1nccn1-c1nnc(C)c2ccccc12. The van der Waals surface area contributed by atoms with Crippen LogP contribution >= 0.6 is 0 Å². The molecular formula is C15H16N4. The van der Waals surface area contributed by atoms with Crippen LogP contribution in [0.2, 0.25) is 0 Å². The molecule has 0 atom stereocenters. The number of aryl methyl sites for hydroxylation is 2. The lowest BCUT2D eigenvalue weighted by molar-refractivity contribution is 0.789. The van der Waals surface area contributed by atoms with Gasteiger partial charge in [0.2, 0.25) is 0 Å². The van der Waals surface area contributed by atoms with Gasteiger partial charge in [-0.1, -0.05) is 31.2 Å². The lowest BCUT2D eigenvalue weighted by Gasteiger charge is -2.10. The molecule has 4 heteroatoms. The van der Waals surface area contributed by atoms with Crippen molar-refractivity contribution in [2.24, 2.45) is 0 Å². The van der Waals surface area contributed by atoms with Crippen molar-refractivity contribution in [3.63, 3.8) is 0 Å². The van der Waals surface area contributed by atoms with Crippen molar-refractivity contribution < 1.29 is 0 Å². The van der Waals surface area contributed by atoms with Crippen molar-refractivity contribution in [2.45, 2.75) is 26.7 Å². The second kappa shape index (κ2) is 4.80. The summed E-state index contributed by atoms with van der Waals surface area (Å²) in [6.45, 7) is 4.14. The van der Waals surface area contributed by atoms with Gasteiger partial charge in [-0.05, 0) is 13.3 Å². The number of fused-ring (bicyclic) bond motifs is 1. The second-order valence-corrected chi connectivity index (χ2v) is 4.62. The molecule has 0 aliphatic carbocycles. The van der Waals surface area contributed by atoms with E-state index in [0.717, 1.165) is 41.0 Å². The minimum atomic E-state index is 0.863. The van der Waals surface area contributed by atoms with Gasteiger partial charge in [0, 0.05) is 29.6 Å². The summed E-state index contributed by atoms with van der Waals surface area (Å²) in [7, 11) is 0. The molecule has 0 bridgehead atoms. The normalized spacial score (nSPS) is 11.1. The first-order valence-electron chi connectivity index (χ1n) is 6.56. The van der Waals surface area contributed by atoms with E-state index in [2.05, 4.69) is 34.2 Å². The molecule has 0 aliphatic heterocycles. The van der Waals surface area contributed by atoms with Gasteiger partial charge in [-0.2, -0.15) is 5.10 Å². The van der Waals surface area contributed by atoms with E-state index < -0.39 is 0 Å². The number of hydrogen-bond acceptors (Lipinski definition) is 3. The van der Waals surface area contributed by atoms with Crippen LogP contribution in [0, 0.1) is 6.92 Å². The molecule has 0 fully saturated rings. The highest BCUT2D eigenvalue weighted by Gasteiger charge is 2.11. The fourth-order valence-electron chi connectivity index (χ4n) is 2.34. The van der Waals surface area contributed by atoms with Crippen LogP contribution in [-0.2, 0) is 6.42 Å². The van der Waals surface area contributed by atoms with Crippen LogP contribution in [-0.4, -0.2) is 19.7 Å². The van der Waals surface area contributed by atoms with Gasteiger partial charge in [0.25, 0.3) is 0 Å². The number of benzene rings is 1. The fourth-order valence-corrected chi connectivity index (χ4v) is 2.34. The van der Waals surface area contributed by atoms with E-state index >= 15 is 0 Å². The van der Waals surface area contributed by atoms with Crippen LogP contribution in [0.4, 0.5) is 0 Å². The van der Waals surface area contributed by atoms with E-state index in [1.165, 1.54) is 0 Å². The van der Waals surface area contributed by atoms with Crippen molar-refractivity contribution in [1.82, 2.24) is 19.7 Å². The molecule has 1 aromatic carbocycles. The summed E-state index contributed by atoms with van der Waals surface area (Å²) in [6.07, 6.45) is 5.78. The highest BCUT2D eigenvalue weighted by atomic mass is 15.2. The quantitative estimate of drug-likeness (QED) is 0.719. The Bertz CT molecular complexity index is 715. The zero-order valence-electron chi connectivity index (χ0n) is 11.2. The van der Waals surface area contributed by atoms with Gasteiger partial charge in [0.15, 0.2) is 5.82 Å². The Morgan fingerprint density at radius 1 is 1.11 bits per heavy atom. The summed E-state index contributed by atoms with van der Waals surface area (Å²) in [6, 6.07) is 8.23. The van der Waals surface area contributed by atoms with Gasteiger partial charge in [-0.25, -0.2) is 4.98 Å². The number of imidazole rings is 1. The van der Waals surface area contributed by atoms with Gasteiger partial charge in [-0.3, -0.25) is 4.57 Å². The minimum Gasteiger partial charge on any atom is -0.286 e. The molecule has 0 amide bonds. The number of nitrogens with zero attached hydrogens (tertiary/aromatic N) is 4. The third-order valence-corrected chi connectivity index (χ3v) is 3.27. The third-order valence-electron chi connectivity index (χ3n) is 3.27. The highest BCUT2D eigenvalue weighted by molar-refractivity contribution is 5.89. The Morgan fingerprint density at radius 3 is 2.68 bits per heavy atom. The molecule has 3 rings (SSSR count). The van der Waals surface area contributed by atoms with E-state index in [9.17, 15) is 0 Å². The molecule has 2 aromatic heterocycles. The average molecular weight is 252 g/mol. The van der Waals surface area contributed by atoms with Gasteiger partial charge in [-0.15, -0.1) is 5.10 Å². The first-order chi connectivity index (χ1) is 9.31. The molecule has 0 N–H and O–H groups in total. The summed E-state index contributed by atoms with van der Waals surface area (Å²) in [5, 5.41) is 10.9. The lowest BCUT2D eigenvalue weighted by Crippen LogP contribution is -2.05. The Morgan fingerprint density at radius 2 is 1.89 bits per heavy atom. The number of aromatic nitrogens is 4. The van der Waals surface area contributed by atoms with Gasteiger partial charge < -0.3 is 0 Å². The predicted molar refractivity (Wildman–Crippen MR) is 75.4 cm³/mol. The zero-order valence-corrected chi connectivity index (χ0v) is 11.2. The molecule has 0 unspecified atom stereocenters. The van der Waals surface area contributed by atoms with Crippen LogP contribution in [0.5, 0.6) is 0 Å². The zero-order chi connectivity index (χ0) is 13.2. The van der Waals surface area contributed by atoms with E-state index in [4.69, 9.17) is 0 Å². The third kappa shape index (κ3) is 1.99. The monoisotopic (exact) mass is 252 g/mol. The van der Waals surface area contributed by atoms with Crippen LogP contribution in [0.25, 0.3) is 16.6 Å². The van der Waals surface area contributed by atoms with Gasteiger partial charge in [0.1, 0.15) is 5.82 Å². The molecule has 0 saturated carbocycles. The van der Waals surface area contributed by atoms with Crippen molar-refractivity contribution in [1.29, 1.82) is 0 Å². The maximum atomic E-state index is 4.41. The minimum absolute atomic E-state index is 0.863. The Labute approximate surface area is 112 Å². The van der Waals surface area contributed by atoms with Crippen molar-refractivity contribution in [3.05, 3.63) is 48.2 Å². The second-order valence-electron chi connectivity index (χ2n) is 4.62. The first-order valence-corrected chi connectivity index (χ1v) is 6.56. The van der Waals surface area contributed by atoms with Crippen LogP contribution in [0.15, 0.2) is 36.7 Å². The summed E-state index contributed by atoms with van der Waals surface area (Å²) in [5.74, 6) is 1.90. The summed E-state index contributed by atoms with van der Waals surface area (Å²) in [4.78, 5) is 4.41. The number of hydrogen-bond donors (Lipinski definition) is 0. The first kappa shape index (κ1) is 11.8. The molecular weight excluding hydrogens is 236 g/mol. The Hall–Kier alpha value is -2.23. The van der Waals surface area contributed by atoms with Gasteiger partial charge >= 0.3 is 0 Å². The standard InChI is InChI=1S/C15H16N4/c1-3-6-14-16-9-10-19(14)15-13-8-5-4-7-12(13)11(2)17-18-15/h4-5,7-10H,3,6H2,1-2H3. The molecule has 2 heterocycles. The molecule has 19 heavy (non-hydrogen) atoms.